The summed E-state index contributed by atoms with van der Waals surface area (Å²) >= 11 is 2.80. The SMILES string of the molecule is CCCSO/N=C1\SC=C\C1=C(\C#N)c1ccccc1C. The van der Waals surface area contributed by atoms with E-state index in [4.69, 9.17) is 4.28 Å². The van der Waals surface area contributed by atoms with Crippen LogP contribution in [0.4, 0.5) is 0 Å². The number of hydrogen-bond acceptors (Lipinski definition) is 5. The van der Waals surface area contributed by atoms with Crippen molar-refractivity contribution in [1.82, 2.24) is 0 Å². The average Bonchev–Trinajstić information content (AvgIpc) is 2.95. The fourth-order valence-electron chi connectivity index (χ4n) is 1.86. The fraction of sp³-hybridized carbons (Fsp3) is 0.250. The van der Waals surface area contributed by atoms with Crippen LogP contribution < -0.4 is 0 Å². The van der Waals surface area contributed by atoms with Crippen LogP contribution in [0.3, 0.4) is 0 Å². The lowest BCUT2D eigenvalue weighted by Gasteiger charge is -2.07. The molecule has 0 aliphatic carbocycles. The number of rotatable bonds is 5. The van der Waals surface area contributed by atoms with Gasteiger partial charge in [-0.25, -0.2) is 0 Å². The molecule has 0 radical (unpaired) electrons. The number of allylic oxidation sites excluding steroid dienone is 2. The molecule has 2 rings (SSSR count). The van der Waals surface area contributed by atoms with Gasteiger partial charge in [-0.2, -0.15) is 5.26 Å². The minimum Gasteiger partial charge on any atom is -0.321 e. The Balaban J connectivity index is 2.33. The van der Waals surface area contributed by atoms with Crippen LogP contribution in [0.5, 0.6) is 0 Å². The molecule has 1 aromatic rings. The number of oxime groups is 1. The zero-order valence-electron chi connectivity index (χ0n) is 12.0. The van der Waals surface area contributed by atoms with Gasteiger partial charge in [0.1, 0.15) is 11.1 Å². The first-order chi connectivity index (χ1) is 10.3. The van der Waals surface area contributed by atoms with E-state index in [1.165, 1.54) is 23.8 Å². The van der Waals surface area contributed by atoms with Gasteiger partial charge in [0.25, 0.3) is 0 Å². The van der Waals surface area contributed by atoms with Gasteiger partial charge >= 0.3 is 0 Å². The van der Waals surface area contributed by atoms with Gasteiger partial charge in [-0.05, 0) is 36.0 Å². The summed E-state index contributed by atoms with van der Waals surface area (Å²) in [4.78, 5) is 0. The van der Waals surface area contributed by atoms with Crippen molar-refractivity contribution in [3.8, 4) is 6.07 Å². The standard InChI is InChI=1S/C16H16N2OS2/c1-3-9-21-19-18-16-14(8-10-20-16)15(11-17)13-7-5-4-6-12(13)2/h4-8,10H,3,9H2,1-2H3/b15-14+,18-16-. The van der Waals surface area contributed by atoms with Crippen LogP contribution in [0, 0.1) is 18.3 Å². The van der Waals surface area contributed by atoms with Gasteiger partial charge < -0.3 is 4.28 Å². The lowest BCUT2D eigenvalue weighted by atomic mass is 9.97. The van der Waals surface area contributed by atoms with E-state index in [0.29, 0.717) is 5.57 Å². The van der Waals surface area contributed by atoms with Crippen molar-refractivity contribution in [1.29, 1.82) is 5.26 Å². The number of benzene rings is 1. The zero-order chi connectivity index (χ0) is 15.1. The molecular weight excluding hydrogens is 300 g/mol. The van der Waals surface area contributed by atoms with Gasteiger partial charge in [0.15, 0.2) is 0 Å². The molecular formula is C16H16N2OS2. The molecule has 5 heteroatoms. The van der Waals surface area contributed by atoms with Gasteiger partial charge in [-0.15, -0.1) is 0 Å². The summed E-state index contributed by atoms with van der Waals surface area (Å²) in [6.07, 6.45) is 2.96. The van der Waals surface area contributed by atoms with Crippen LogP contribution in [-0.2, 0) is 4.28 Å². The molecule has 0 bridgehead atoms. The maximum atomic E-state index is 9.54. The first-order valence-corrected chi connectivity index (χ1v) is 8.47. The Bertz CT molecular complexity index is 642. The Kier molecular flexibility index (Phi) is 5.97. The first-order valence-electron chi connectivity index (χ1n) is 6.68. The summed E-state index contributed by atoms with van der Waals surface area (Å²) < 4.78 is 5.25. The van der Waals surface area contributed by atoms with Crippen LogP contribution in [0.1, 0.15) is 24.5 Å². The summed E-state index contributed by atoms with van der Waals surface area (Å²) in [6.45, 7) is 4.09. The molecule has 1 heterocycles. The molecule has 0 unspecified atom stereocenters. The number of aryl methyl sites for hydroxylation is 1. The largest absolute Gasteiger partial charge is 0.321 e. The van der Waals surface area contributed by atoms with E-state index in [1.807, 2.05) is 42.7 Å². The zero-order valence-corrected chi connectivity index (χ0v) is 13.6. The summed E-state index contributed by atoms with van der Waals surface area (Å²) in [5.74, 6) is 0.900. The van der Waals surface area contributed by atoms with Gasteiger partial charge in [-0.3, -0.25) is 0 Å². The second kappa shape index (κ2) is 7.96. The molecule has 108 valence electrons. The maximum Gasteiger partial charge on any atom is 0.150 e. The first kappa shape index (κ1) is 15.7. The van der Waals surface area contributed by atoms with Crippen molar-refractivity contribution in [2.45, 2.75) is 20.3 Å². The Labute approximate surface area is 134 Å². The Morgan fingerprint density at radius 1 is 1.43 bits per heavy atom. The van der Waals surface area contributed by atoms with E-state index in [2.05, 4.69) is 18.1 Å². The molecule has 0 fully saturated rings. The lowest BCUT2D eigenvalue weighted by Crippen LogP contribution is -1.97. The fourth-order valence-corrected chi connectivity index (χ4v) is 2.99. The van der Waals surface area contributed by atoms with Crippen LogP contribution in [0.15, 0.2) is 46.5 Å². The van der Waals surface area contributed by atoms with Crippen LogP contribution >= 0.6 is 23.8 Å². The van der Waals surface area contributed by atoms with Crippen molar-refractivity contribution < 1.29 is 4.28 Å². The molecule has 1 aliphatic heterocycles. The molecule has 3 nitrogen and oxygen atoms in total. The Hall–Kier alpha value is -1.64. The van der Waals surface area contributed by atoms with Crippen molar-refractivity contribution in [3.05, 3.63) is 52.4 Å². The normalized spacial score (nSPS) is 17.9. The molecule has 1 aromatic carbocycles. The highest BCUT2D eigenvalue weighted by Gasteiger charge is 2.19. The van der Waals surface area contributed by atoms with Crippen molar-refractivity contribution >= 4 is 34.4 Å². The topological polar surface area (TPSA) is 45.4 Å². The molecule has 0 spiro atoms. The smallest absolute Gasteiger partial charge is 0.150 e. The highest BCUT2D eigenvalue weighted by atomic mass is 32.2. The lowest BCUT2D eigenvalue weighted by molar-refractivity contribution is 0.407. The van der Waals surface area contributed by atoms with Gasteiger partial charge in [0.2, 0.25) is 0 Å². The average molecular weight is 316 g/mol. The van der Waals surface area contributed by atoms with Crippen LogP contribution in [0.25, 0.3) is 5.57 Å². The Morgan fingerprint density at radius 3 is 2.95 bits per heavy atom. The second-order valence-corrected chi connectivity index (χ2v) is 6.12. The molecule has 1 aliphatic rings. The summed E-state index contributed by atoms with van der Waals surface area (Å²) in [6, 6.07) is 10.2. The summed E-state index contributed by atoms with van der Waals surface area (Å²) in [5, 5.41) is 16.3. The Morgan fingerprint density at radius 2 is 2.24 bits per heavy atom. The maximum absolute atomic E-state index is 9.54. The predicted octanol–water partition coefficient (Wildman–Crippen LogP) is 4.92. The number of nitrogens with zero attached hydrogens (tertiary/aromatic N) is 2. The van der Waals surface area contributed by atoms with Crippen molar-refractivity contribution in [2.75, 3.05) is 5.75 Å². The number of thioether (sulfide) groups is 1. The highest BCUT2D eigenvalue weighted by Crippen LogP contribution is 2.32. The molecule has 0 atom stereocenters. The molecule has 0 N–H and O–H groups in total. The van der Waals surface area contributed by atoms with E-state index in [1.54, 1.807) is 0 Å². The summed E-state index contributed by atoms with van der Waals surface area (Å²) in [7, 11) is 0. The minimum atomic E-state index is 0.636. The molecule has 0 amide bonds. The number of nitriles is 1. The van der Waals surface area contributed by atoms with E-state index in [0.717, 1.165) is 33.9 Å². The van der Waals surface area contributed by atoms with Gasteiger partial charge in [-0.1, -0.05) is 48.1 Å². The van der Waals surface area contributed by atoms with Crippen LogP contribution in [0.2, 0.25) is 0 Å². The van der Waals surface area contributed by atoms with Crippen molar-refractivity contribution in [2.24, 2.45) is 5.16 Å². The quantitative estimate of drug-likeness (QED) is 0.335. The van der Waals surface area contributed by atoms with E-state index in [9.17, 15) is 5.26 Å². The molecule has 0 aromatic heterocycles. The summed E-state index contributed by atoms with van der Waals surface area (Å²) in [5.41, 5.74) is 3.48. The van der Waals surface area contributed by atoms with Crippen molar-refractivity contribution in [3.63, 3.8) is 0 Å². The predicted molar refractivity (Wildman–Crippen MR) is 91.7 cm³/mol. The molecule has 21 heavy (non-hydrogen) atoms. The highest BCUT2D eigenvalue weighted by molar-refractivity contribution is 8.17. The van der Waals surface area contributed by atoms with E-state index >= 15 is 0 Å². The van der Waals surface area contributed by atoms with Crippen LogP contribution in [-0.4, -0.2) is 10.8 Å². The number of hydrogen-bond donors (Lipinski definition) is 0. The third kappa shape index (κ3) is 3.93. The monoisotopic (exact) mass is 316 g/mol. The van der Waals surface area contributed by atoms with E-state index in [-0.39, 0.29) is 0 Å². The van der Waals surface area contributed by atoms with Gasteiger partial charge in [0.05, 0.1) is 17.6 Å². The van der Waals surface area contributed by atoms with Gasteiger partial charge in [0, 0.05) is 11.3 Å². The molecule has 0 saturated carbocycles. The molecule has 0 saturated heterocycles. The second-order valence-electron chi connectivity index (χ2n) is 4.43. The third-order valence-corrected chi connectivity index (χ3v) is 4.45. The van der Waals surface area contributed by atoms with E-state index < -0.39 is 0 Å². The minimum absolute atomic E-state index is 0.636. The third-order valence-electron chi connectivity index (χ3n) is 2.90.